The van der Waals surface area contributed by atoms with Gasteiger partial charge in [0.15, 0.2) is 0 Å². The fourth-order valence-corrected chi connectivity index (χ4v) is 2.04. The molecule has 0 atom stereocenters. The first-order valence-electron chi connectivity index (χ1n) is 6.72. The highest BCUT2D eigenvalue weighted by molar-refractivity contribution is 5.94. The summed E-state index contributed by atoms with van der Waals surface area (Å²) in [6, 6.07) is 13.1. The van der Waals surface area contributed by atoms with Crippen LogP contribution in [0.4, 0.5) is 0 Å². The molecule has 4 heteroatoms. The molecule has 0 saturated heterocycles. The Morgan fingerprint density at radius 2 is 2.00 bits per heavy atom. The first-order valence-corrected chi connectivity index (χ1v) is 6.72. The molecule has 4 nitrogen and oxygen atoms in total. The number of hydrogen-bond acceptors (Lipinski definition) is 3. The lowest BCUT2D eigenvalue weighted by Crippen LogP contribution is -2.18. The Kier molecular flexibility index (Phi) is 4.82. The minimum Gasteiger partial charge on any atom is -0.496 e. The van der Waals surface area contributed by atoms with Gasteiger partial charge in [-0.2, -0.15) is 0 Å². The van der Waals surface area contributed by atoms with Gasteiger partial charge in [0.05, 0.1) is 7.11 Å². The number of aryl methyl sites for hydroxylation is 1. The molecule has 0 bridgehead atoms. The zero-order chi connectivity index (χ0) is 15.2. The zero-order valence-electron chi connectivity index (χ0n) is 12.5. The number of hydrogen-bond donors (Lipinski definition) is 1. The quantitative estimate of drug-likeness (QED) is 0.918. The standard InChI is InChI=1S/C17H19NO3/c1-12-5-4-6-15(9-12)21-11-14-10-13(17(19)18-2)7-8-16(14)20-3/h4-10H,11H2,1-3H3,(H,18,19). The van der Waals surface area contributed by atoms with Crippen molar-refractivity contribution in [3.8, 4) is 11.5 Å². The van der Waals surface area contributed by atoms with Crippen LogP contribution in [0.15, 0.2) is 42.5 Å². The minimum absolute atomic E-state index is 0.130. The van der Waals surface area contributed by atoms with Gasteiger partial charge in [-0.1, -0.05) is 12.1 Å². The molecule has 0 fully saturated rings. The Balaban J connectivity index is 2.19. The van der Waals surface area contributed by atoms with E-state index in [0.717, 1.165) is 16.9 Å². The molecule has 21 heavy (non-hydrogen) atoms. The van der Waals surface area contributed by atoms with Crippen molar-refractivity contribution in [2.75, 3.05) is 14.2 Å². The molecule has 0 unspecified atom stereocenters. The molecule has 0 saturated carbocycles. The Bertz CT molecular complexity index is 638. The van der Waals surface area contributed by atoms with Crippen molar-refractivity contribution in [2.24, 2.45) is 0 Å². The Morgan fingerprint density at radius 1 is 1.19 bits per heavy atom. The molecule has 0 aliphatic heterocycles. The van der Waals surface area contributed by atoms with Crippen LogP contribution in [0.3, 0.4) is 0 Å². The molecular weight excluding hydrogens is 266 g/mol. The van der Waals surface area contributed by atoms with Crippen molar-refractivity contribution < 1.29 is 14.3 Å². The summed E-state index contributed by atoms with van der Waals surface area (Å²) >= 11 is 0. The second-order valence-electron chi connectivity index (χ2n) is 4.71. The highest BCUT2D eigenvalue weighted by Crippen LogP contribution is 2.22. The molecule has 0 radical (unpaired) electrons. The Labute approximate surface area is 124 Å². The summed E-state index contributed by atoms with van der Waals surface area (Å²) in [6.45, 7) is 2.36. The Hall–Kier alpha value is -2.49. The van der Waals surface area contributed by atoms with Gasteiger partial charge in [0, 0.05) is 18.2 Å². The van der Waals surface area contributed by atoms with Crippen molar-refractivity contribution in [1.29, 1.82) is 0 Å². The summed E-state index contributed by atoms with van der Waals surface area (Å²) in [5.74, 6) is 1.37. The van der Waals surface area contributed by atoms with E-state index < -0.39 is 0 Å². The van der Waals surface area contributed by atoms with Crippen molar-refractivity contribution >= 4 is 5.91 Å². The third kappa shape index (κ3) is 3.75. The molecule has 2 aromatic rings. The third-order valence-corrected chi connectivity index (χ3v) is 3.15. The van der Waals surface area contributed by atoms with Crippen LogP contribution in [0.5, 0.6) is 11.5 Å². The molecule has 1 amide bonds. The van der Waals surface area contributed by atoms with E-state index >= 15 is 0 Å². The second-order valence-corrected chi connectivity index (χ2v) is 4.71. The van der Waals surface area contributed by atoms with E-state index in [0.29, 0.717) is 17.9 Å². The highest BCUT2D eigenvalue weighted by Gasteiger charge is 2.09. The van der Waals surface area contributed by atoms with Gasteiger partial charge in [-0.3, -0.25) is 4.79 Å². The molecule has 0 aliphatic carbocycles. The maximum Gasteiger partial charge on any atom is 0.251 e. The molecule has 110 valence electrons. The van der Waals surface area contributed by atoms with E-state index in [2.05, 4.69) is 5.32 Å². The number of carbonyl (C=O) groups excluding carboxylic acids is 1. The van der Waals surface area contributed by atoms with Gasteiger partial charge in [-0.15, -0.1) is 0 Å². The van der Waals surface area contributed by atoms with E-state index in [1.165, 1.54) is 0 Å². The summed E-state index contributed by atoms with van der Waals surface area (Å²) in [5, 5.41) is 2.61. The molecule has 1 N–H and O–H groups in total. The van der Waals surface area contributed by atoms with Crippen molar-refractivity contribution in [2.45, 2.75) is 13.5 Å². The molecule has 2 rings (SSSR count). The smallest absolute Gasteiger partial charge is 0.251 e. The minimum atomic E-state index is -0.130. The number of rotatable bonds is 5. The SMILES string of the molecule is CNC(=O)c1ccc(OC)c(COc2cccc(C)c2)c1. The van der Waals surface area contributed by atoms with Gasteiger partial charge in [0.1, 0.15) is 18.1 Å². The molecule has 0 spiro atoms. The van der Waals surface area contributed by atoms with E-state index in [-0.39, 0.29) is 5.91 Å². The highest BCUT2D eigenvalue weighted by atomic mass is 16.5. The van der Waals surface area contributed by atoms with Crippen molar-refractivity contribution in [3.63, 3.8) is 0 Å². The average Bonchev–Trinajstić information content (AvgIpc) is 2.52. The van der Waals surface area contributed by atoms with E-state index in [1.54, 1.807) is 32.4 Å². The predicted molar refractivity (Wildman–Crippen MR) is 81.9 cm³/mol. The normalized spacial score (nSPS) is 10.0. The van der Waals surface area contributed by atoms with Gasteiger partial charge >= 0.3 is 0 Å². The van der Waals surface area contributed by atoms with Crippen LogP contribution in [0.1, 0.15) is 21.5 Å². The fraction of sp³-hybridized carbons (Fsp3) is 0.235. The number of nitrogens with one attached hydrogen (secondary N) is 1. The van der Waals surface area contributed by atoms with E-state index in [1.807, 2.05) is 31.2 Å². The number of amides is 1. The molecular formula is C17H19NO3. The summed E-state index contributed by atoms with van der Waals surface area (Å²) < 4.78 is 11.1. The number of ether oxygens (including phenoxy) is 2. The van der Waals surface area contributed by atoms with Gasteiger partial charge < -0.3 is 14.8 Å². The lowest BCUT2D eigenvalue weighted by molar-refractivity contribution is 0.0963. The summed E-state index contributed by atoms with van der Waals surface area (Å²) in [7, 11) is 3.21. The summed E-state index contributed by atoms with van der Waals surface area (Å²) in [6.07, 6.45) is 0. The summed E-state index contributed by atoms with van der Waals surface area (Å²) in [4.78, 5) is 11.7. The first-order chi connectivity index (χ1) is 10.1. The lowest BCUT2D eigenvalue weighted by Gasteiger charge is -2.12. The van der Waals surface area contributed by atoms with Crippen LogP contribution in [0, 0.1) is 6.92 Å². The number of methoxy groups -OCH3 is 1. The van der Waals surface area contributed by atoms with Gasteiger partial charge in [-0.25, -0.2) is 0 Å². The monoisotopic (exact) mass is 285 g/mol. The molecule has 2 aromatic carbocycles. The van der Waals surface area contributed by atoms with Crippen LogP contribution >= 0.6 is 0 Å². The van der Waals surface area contributed by atoms with Crippen molar-refractivity contribution in [3.05, 3.63) is 59.2 Å². The number of carbonyl (C=O) groups is 1. The van der Waals surface area contributed by atoms with E-state index in [9.17, 15) is 4.79 Å². The maximum absolute atomic E-state index is 11.7. The molecule has 0 aromatic heterocycles. The van der Waals surface area contributed by atoms with Crippen LogP contribution in [0.25, 0.3) is 0 Å². The largest absolute Gasteiger partial charge is 0.496 e. The topological polar surface area (TPSA) is 47.6 Å². The fourth-order valence-electron chi connectivity index (χ4n) is 2.04. The second kappa shape index (κ2) is 6.79. The summed E-state index contributed by atoms with van der Waals surface area (Å²) in [5.41, 5.74) is 2.56. The zero-order valence-corrected chi connectivity index (χ0v) is 12.5. The van der Waals surface area contributed by atoms with Gasteiger partial charge in [0.25, 0.3) is 5.91 Å². The average molecular weight is 285 g/mol. The van der Waals surface area contributed by atoms with Crippen LogP contribution < -0.4 is 14.8 Å². The van der Waals surface area contributed by atoms with Gasteiger partial charge in [0.2, 0.25) is 0 Å². The first kappa shape index (κ1) is 14.9. The van der Waals surface area contributed by atoms with Crippen LogP contribution in [-0.4, -0.2) is 20.1 Å². The van der Waals surface area contributed by atoms with Crippen LogP contribution in [-0.2, 0) is 6.61 Å². The lowest BCUT2D eigenvalue weighted by atomic mass is 10.1. The molecule has 0 heterocycles. The predicted octanol–water partition coefficient (Wildman–Crippen LogP) is 2.94. The third-order valence-electron chi connectivity index (χ3n) is 3.15. The van der Waals surface area contributed by atoms with Gasteiger partial charge in [-0.05, 0) is 42.8 Å². The maximum atomic E-state index is 11.7. The number of benzene rings is 2. The molecule has 0 aliphatic rings. The van der Waals surface area contributed by atoms with Crippen LogP contribution in [0.2, 0.25) is 0 Å². The Morgan fingerprint density at radius 3 is 2.67 bits per heavy atom. The van der Waals surface area contributed by atoms with Crippen molar-refractivity contribution in [1.82, 2.24) is 5.32 Å². The van der Waals surface area contributed by atoms with E-state index in [4.69, 9.17) is 9.47 Å².